The van der Waals surface area contributed by atoms with E-state index < -0.39 is 0 Å². The molecule has 0 spiro atoms. The summed E-state index contributed by atoms with van der Waals surface area (Å²) in [5, 5.41) is 11.2. The zero-order valence-corrected chi connectivity index (χ0v) is 21.3. The SMILES string of the molecule is N#Cc1ccccc1CCC(SCCC(N)=O)c1cccc(OCc2ccc3ccc(Cl)cc3n2)c1. The molecule has 0 aliphatic heterocycles. The van der Waals surface area contributed by atoms with Gasteiger partial charge >= 0.3 is 0 Å². The lowest BCUT2D eigenvalue weighted by atomic mass is 10.00. The summed E-state index contributed by atoms with van der Waals surface area (Å²) < 4.78 is 6.08. The first-order chi connectivity index (χ1) is 17.5. The Balaban J connectivity index is 1.47. The monoisotopic (exact) mass is 515 g/mol. The van der Waals surface area contributed by atoms with E-state index in [0.29, 0.717) is 29.4 Å². The third-order valence-electron chi connectivity index (χ3n) is 5.81. The molecule has 1 heterocycles. The van der Waals surface area contributed by atoms with Gasteiger partial charge in [-0.2, -0.15) is 17.0 Å². The van der Waals surface area contributed by atoms with Crippen molar-refractivity contribution in [3.8, 4) is 11.8 Å². The molecule has 0 radical (unpaired) electrons. The fourth-order valence-electron chi connectivity index (χ4n) is 3.96. The van der Waals surface area contributed by atoms with Crippen molar-refractivity contribution in [2.75, 3.05) is 5.75 Å². The second-order valence-corrected chi connectivity index (χ2v) is 10.1. The first kappa shape index (κ1) is 25.6. The van der Waals surface area contributed by atoms with Gasteiger partial charge < -0.3 is 10.5 Å². The van der Waals surface area contributed by atoms with E-state index in [-0.39, 0.29) is 11.2 Å². The summed E-state index contributed by atoms with van der Waals surface area (Å²) in [4.78, 5) is 16.0. The highest BCUT2D eigenvalue weighted by molar-refractivity contribution is 7.99. The summed E-state index contributed by atoms with van der Waals surface area (Å²) in [7, 11) is 0. The predicted octanol–water partition coefficient (Wildman–Crippen LogP) is 6.62. The number of hydrogen-bond donors (Lipinski definition) is 1. The van der Waals surface area contributed by atoms with E-state index in [1.165, 1.54) is 0 Å². The quantitative estimate of drug-likeness (QED) is 0.242. The van der Waals surface area contributed by atoms with Crippen molar-refractivity contribution in [1.29, 1.82) is 5.26 Å². The molecule has 4 rings (SSSR count). The van der Waals surface area contributed by atoms with Crippen LogP contribution in [0.1, 0.15) is 40.5 Å². The molecule has 182 valence electrons. The van der Waals surface area contributed by atoms with Gasteiger partial charge in [0.2, 0.25) is 5.91 Å². The maximum absolute atomic E-state index is 11.3. The van der Waals surface area contributed by atoms with Crippen LogP contribution in [-0.4, -0.2) is 16.6 Å². The minimum atomic E-state index is -0.308. The molecule has 5 nitrogen and oxygen atoms in total. The van der Waals surface area contributed by atoms with E-state index in [4.69, 9.17) is 22.1 Å². The zero-order chi connectivity index (χ0) is 25.3. The van der Waals surface area contributed by atoms with Gasteiger partial charge in [0.1, 0.15) is 12.4 Å². The zero-order valence-electron chi connectivity index (χ0n) is 19.7. The molecular weight excluding hydrogens is 490 g/mol. The highest BCUT2D eigenvalue weighted by atomic mass is 35.5. The van der Waals surface area contributed by atoms with Crippen LogP contribution in [0.4, 0.5) is 0 Å². The van der Waals surface area contributed by atoms with Gasteiger partial charge in [0.15, 0.2) is 0 Å². The first-order valence-electron chi connectivity index (χ1n) is 11.7. The lowest BCUT2D eigenvalue weighted by molar-refractivity contribution is -0.117. The number of aromatic nitrogens is 1. The van der Waals surface area contributed by atoms with Gasteiger partial charge in [-0.15, -0.1) is 0 Å². The van der Waals surface area contributed by atoms with E-state index in [1.807, 2.05) is 72.8 Å². The summed E-state index contributed by atoms with van der Waals surface area (Å²) in [6.07, 6.45) is 1.90. The van der Waals surface area contributed by atoms with Crippen molar-refractivity contribution < 1.29 is 9.53 Å². The van der Waals surface area contributed by atoms with Gasteiger partial charge in [-0.25, -0.2) is 4.98 Å². The molecule has 1 unspecified atom stereocenters. The van der Waals surface area contributed by atoms with Gasteiger partial charge in [0.05, 0.1) is 22.8 Å². The summed E-state index contributed by atoms with van der Waals surface area (Å²) in [6, 6.07) is 27.6. The van der Waals surface area contributed by atoms with Crippen LogP contribution in [0.5, 0.6) is 5.75 Å². The first-order valence-corrected chi connectivity index (χ1v) is 13.1. The van der Waals surface area contributed by atoms with Crippen molar-refractivity contribution in [2.45, 2.75) is 31.1 Å². The standard InChI is InChI=1S/C29H26ClN3O2S/c30-24-11-8-21-9-12-25(33-27(21)17-24)19-35-26-7-3-6-22(16-26)28(36-15-14-29(32)34)13-10-20-4-1-2-5-23(20)18-31/h1-9,11-12,16-17,28H,10,13-15,19H2,(H2,32,34). The summed E-state index contributed by atoms with van der Waals surface area (Å²) in [5.41, 5.74) is 9.83. The number of rotatable bonds is 11. The third kappa shape index (κ3) is 7.00. The van der Waals surface area contributed by atoms with Crippen LogP contribution < -0.4 is 10.5 Å². The normalized spacial score (nSPS) is 11.7. The number of amides is 1. The summed E-state index contributed by atoms with van der Waals surface area (Å²) >= 11 is 7.81. The molecule has 2 N–H and O–H groups in total. The average molecular weight is 516 g/mol. The van der Waals surface area contributed by atoms with E-state index in [2.05, 4.69) is 17.1 Å². The molecular formula is C29H26ClN3O2S. The van der Waals surface area contributed by atoms with Crippen LogP contribution in [0.15, 0.2) is 78.9 Å². The number of carbonyl (C=O) groups excluding carboxylic acids is 1. The molecule has 36 heavy (non-hydrogen) atoms. The fourth-order valence-corrected chi connectivity index (χ4v) is 5.35. The van der Waals surface area contributed by atoms with E-state index in [9.17, 15) is 10.1 Å². The molecule has 0 fully saturated rings. The molecule has 4 aromatic rings. The van der Waals surface area contributed by atoms with E-state index >= 15 is 0 Å². The number of nitriles is 1. The van der Waals surface area contributed by atoms with Crippen LogP contribution >= 0.6 is 23.4 Å². The number of benzene rings is 3. The number of aryl methyl sites for hydroxylation is 1. The number of pyridine rings is 1. The second kappa shape index (κ2) is 12.4. The van der Waals surface area contributed by atoms with Crippen LogP contribution in [-0.2, 0) is 17.8 Å². The number of ether oxygens (including phenoxy) is 1. The molecule has 3 aromatic carbocycles. The van der Waals surface area contributed by atoms with Crippen molar-refractivity contribution in [1.82, 2.24) is 4.98 Å². The van der Waals surface area contributed by atoms with Gasteiger partial charge in [0, 0.05) is 27.8 Å². The van der Waals surface area contributed by atoms with Gasteiger partial charge in [-0.1, -0.05) is 54.1 Å². The smallest absolute Gasteiger partial charge is 0.218 e. The van der Waals surface area contributed by atoms with Crippen molar-refractivity contribution in [2.24, 2.45) is 5.73 Å². The Labute approximate surface area is 220 Å². The number of halogens is 1. The summed E-state index contributed by atoms with van der Waals surface area (Å²) in [5.74, 6) is 1.07. The van der Waals surface area contributed by atoms with Crippen molar-refractivity contribution in [3.05, 3.63) is 106 Å². The highest BCUT2D eigenvalue weighted by Crippen LogP contribution is 2.35. The summed E-state index contributed by atoms with van der Waals surface area (Å²) in [6.45, 7) is 0.334. The van der Waals surface area contributed by atoms with Crippen LogP contribution in [0.3, 0.4) is 0 Å². The molecule has 0 saturated heterocycles. The fraction of sp³-hybridized carbons (Fsp3) is 0.207. The molecule has 1 atom stereocenters. The van der Waals surface area contributed by atoms with Gasteiger partial charge in [0.25, 0.3) is 0 Å². The molecule has 0 bridgehead atoms. The highest BCUT2D eigenvalue weighted by Gasteiger charge is 2.15. The number of thioether (sulfide) groups is 1. The number of nitrogens with two attached hydrogens (primary N) is 1. The Morgan fingerprint density at radius 2 is 1.92 bits per heavy atom. The number of fused-ring (bicyclic) bond motifs is 1. The van der Waals surface area contributed by atoms with Crippen molar-refractivity contribution in [3.63, 3.8) is 0 Å². The van der Waals surface area contributed by atoms with Crippen LogP contribution in [0.2, 0.25) is 5.02 Å². The second-order valence-electron chi connectivity index (χ2n) is 8.38. The number of nitrogens with zero attached hydrogens (tertiary/aromatic N) is 2. The molecule has 0 saturated carbocycles. The largest absolute Gasteiger partial charge is 0.487 e. The maximum atomic E-state index is 11.3. The number of hydrogen-bond acceptors (Lipinski definition) is 5. The Morgan fingerprint density at radius 1 is 1.08 bits per heavy atom. The van der Waals surface area contributed by atoms with Gasteiger partial charge in [-0.05, 0) is 60.4 Å². The number of carbonyl (C=O) groups is 1. The Bertz CT molecular complexity index is 1400. The van der Waals surface area contributed by atoms with Crippen LogP contribution in [0.25, 0.3) is 10.9 Å². The minimum absolute atomic E-state index is 0.126. The topological polar surface area (TPSA) is 89.0 Å². The Morgan fingerprint density at radius 3 is 2.75 bits per heavy atom. The molecule has 0 aliphatic rings. The number of primary amides is 1. The Hall–Kier alpha value is -3.53. The van der Waals surface area contributed by atoms with Gasteiger partial charge in [-0.3, -0.25) is 4.79 Å². The van der Waals surface area contributed by atoms with Crippen molar-refractivity contribution >= 4 is 40.2 Å². The predicted molar refractivity (Wildman–Crippen MR) is 146 cm³/mol. The Kier molecular flexibility index (Phi) is 8.83. The maximum Gasteiger partial charge on any atom is 0.218 e. The minimum Gasteiger partial charge on any atom is -0.487 e. The molecule has 1 aromatic heterocycles. The average Bonchev–Trinajstić information content (AvgIpc) is 2.89. The third-order valence-corrected chi connectivity index (χ3v) is 7.39. The van der Waals surface area contributed by atoms with E-state index in [1.54, 1.807) is 11.8 Å². The lowest BCUT2D eigenvalue weighted by Gasteiger charge is -2.18. The van der Waals surface area contributed by atoms with Crippen LogP contribution in [0, 0.1) is 11.3 Å². The molecule has 1 amide bonds. The van der Waals surface area contributed by atoms with E-state index in [0.717, 1.165) is 46.3 Å². The molecule has 7 heteroatoms. The lowest BCUT2D eigenvalue weighted by Crippen LogP contribution is -2.11. The molecule has 0 aliphatic carbocycles.